The molecule has 0 bridgehead atoms. The van der Waals surface area contributed by atoms with Gasteiger partial charge in [0.2, 0.25) is 0 Å². The Kier molecular flexibility index (Phi) is 17.5. The number of unbranched alkanes of at least 4 members (excludes halogenated alkanes) is 12. The minimum Gasteiger partial charge on any atom is -0.300 e. The molecule has 1 heteroatoms. The Morgan fingerprint density at radius 2 is 0.864 bits per heavy atom. The Bertz CT molecular complexity index is 241. The van der Waals surface area contributed by atoms with Crippen molar-refractivity contribution in [1.82, 2.24) is 0 Å². The van der Waals surface area contributed by atoms with E-state index < -0.39 is 0 Å². The van der Waals surface area contributed by atoms with Gasteiger partial charge in [0.1, 0.15) is 5.78 Å². The van der Waals surface area contributed by atoms with Gasteiger partial charge in [-0.15, -0.1) is 13.2 Å². The molecule has 0 unspecified atom stereocenters. The van der Waals surface area contributed by atoms with Crippen LogP contribution in [0.25, 0.3) is 0 Å². The zero-order valence-electron chi connectivity index (χ0n) is 14.8. The van der Waals surface area contributed by atoms with Gasteiger partial charge in [-0.3, -0.25) is 4.79 Å². The Hall–Kier alpha value is -0.850. The third-order valence-corrected chi connectivity index (χ3v) is 4.23. The molecule has 0 fully saturated rings. The molecule has 0 aliphatic heterocycles. The lowest BCUT2D eigenvalue weighted by Crippen LogP contribution is -1.97. The van der Waals surface area contributed by atoms with Crippen LogP contribution in [0.2, 0.25) is 0 Å². The second-order valence-corrected chi connectivity index (χ2v) is 6.44. The summed E-state index contributed by atoms with van der Waals surface area (Å²) in [6, 6.07) is 0. The van der Waals surface area contributed by atoms with E-state index in [1.807, 2.05) is 12.2 Å². The van der Waals surface area contributed by atoms with Crippen molar-refractivity contribution in [3.63, 3.8) is 0 Å². The standard InChI is InChI=1S/C21H38O/c1-3-5-7-9-11-13-15-17-19-21(22)20-18-16-14-12-10-8-6-4-2/h3-4H,1-2,5-20H2. The molecule has 0 atom stereocenters. The third kappa shape index (κ3) is 17.2. The van der Waals surface area contributed by atoms with Crippen LogP contribution in [-0.2, 0) is 4.79 Å². The molecule has 0 N–H and O–H groups in total. The van der Waals surface area contributed by atoms with Gasteiger partial charge >= 0.3 is 0 Å². The van der Waals surface area contributed by atoms with Crippen molar-refractivity contribution in [1.29, 1.82) is 0 Å². The minimum absolute atomic E-state index is 0.485. The highest BCUT2D eigenvalue weighted by Gasteiger charge is 2.01. The number of hydrogen-bond acceptors (Lipinski definition) is 1. The molecule has 1 nitrogen and oxygen atoms in total. The highest BCUT2D eigenvalue weighted by atomic mass is 16.1. The van der Waals surface area contributed by atoms with Crippen molar-refractivity contribution in [2.75, 3.05) is 0 Å². The van der Waals surface area contributed by atoms with E-state index in [4.69, 9.17) is 0 Å². The summed E-state index contributed by atoms with van der Waals surface area (Å²) < 4.78 is 0. The van der Waals surface area contributed by atoms with Gasteiger partial charge in [-0.1, -0.05) is 63.5 Å². The summed E-state index contributed by atoms with van der Waals surface area (Å²) in [5, 5.41) is 0. The van der Waals surface area contributed by atoms with Gasteiger partial charge < -0.3 is 0 Å². The number of carbonyl (C=O) groups is 1. The van der Waals surface area contributed by atoms with Gasteiger partial charge in [0, 0.05) is 12.8 Å². The Morgan fingerprint density at radius 1 is 0.545 bits per heavy atom. The first-order chi connectivity index (χ1) is 10.8. The molecule has 22 heavy (non-hydrogen) atoms. The Balaban J connectivity index is 3.16. The Morgan fingerprint density at radius 3 is 1.23 bits per heavy atom. The predicted molar refractivity (Wildman–Crippen MR) is 99.3 cm³/mol. The summed E-state index contributed by atoms with van der Waals surface area (Å²) in [5.41, 5.74) is 0. The highest BCUT2D eigenvalue weighted by Crippen LogP contribution is 2.12. The van der Waals surface area contributed by atoms with Crippen LogP contribution in [0, 0.1) is 0 Å². The predicted octanol–water partition coefficient (Wildman–Crippen LogP) is 7.17. The zero-order valence-corrected chi connectivity index (χ0v) is 14.8. The van der Waals surface area contributed by atoms with Crippen LogP contribution in [0.1, 0.15) is 103 Å². The normalized spacial score (nSPS) is 10.5. The Labute approximate surface area is 139 Å². The number of hydrogen-bond donors (Lipinski definition) is 0. The quantitative estimate of drug-likeness (QED) is 0.194. The summed E-state index contributed by atoms with van der Waals surface area (Å²) in [5.74, 6) is 0.485. The fourth-order valence-corrected chi connectivity index (χ4v) is 2.76. The summed E-state index contributed by atoms with van der Waals surface area (Å²) in [6.45, 7) is 7.48. The van der Waals surface area contributed by atoms with E-state index in [-0.39, 0.29) is 0 Å². The van der Waals surface area contributed by atoms with Crippen LogP contribution in [0.15, 0.2) is 25.3 Å². The molecule has 0 heterocycles. The molecule has 0 aromatic rings. The number of Topliss-reactive ketones (excluding diaryl/α,β-unsaturated/α-hetero) is 1. The zero-order chi connectivity index (χ0) is 16.3. The van der Waals surface area contributed by atoms with Crippen LogP contribution in [-0.4, -0.2) is 5.78 Å². The van der Waals surface area contributed by atoms with Crippen molar-refractivity contribution >= 4 is 5.78 Å². The van der Waals surface area contributed by atoms with E-state index in [9.17, 15) is 4.79 Å². The topological polar surface area (TPSA) is 17.1 Å². The summed E-state index contributed by atoms with van der Waals surface area (Å²) >= 11 is 0. The molecule has 0 aromatic heterocycles. The van der Waals surface area contributed by atoms with E-state index in [2.05, 4.69) is 13.2 Å². The first-order valence-electron chi connectivity index (χ1n) is 9.54. The third-order valence-electron chi connectivity index (χ3n) is 4.23. The molecule has 0 aliphatic carbocycles. The lowest BCUT2D eigenvalue weighted by molar-refractivity contribution is -0.119. The van der Waals surface area contributed by atoms with Crippen molar-refractivity contribution in [2.24, 2.45) is 0 Å². The molecule has 128 valence electrons. The second kappa shape index (κ2) is 18.2. The lowest BCUT2D eigenvalue weighted by atomic mass is 10.0. The van der Waals surface area contributed by atoms with Gasteiger partial charge in [0.15, 0.2) is 0 Å². The first-order valence-corrected chi connectivity index (χ1v) is 9.54. The summed E-state index contributed by atoms with van der Waals surface area (Å²) in [6.07, 6.45) is 22.9. The van der Waals surface area contributed by atoms with Crippen LogP contribution in [0.4, 0.5) is 0 Å². The molecule has 0 rings (SSSR count). The highest BCUT2D eigenvalue weighted by molar-refractivity contribution is 5.78. The number of carbonyl (C=O) groups excluding carboxylic acids is 1. The SMILES string of the molecule is C=CCCCCCCCCC(=O)CCCCCCCCC=C. The average molecular weight is 307 g/mol. The van der Waals surface area contributed by atoms with Crippen LogP contribution < -0.4 is 0 Å². The first kappa shape index (κ1) is 21.1. The fraction of sp³-hybridized carbons (Fsp3) is 0.762. The number of allylic oxidation sites excluding steroid dienone is 2. The molecule has 0 saturated carbocycles. The van der Waals surface area contributed by atoms with Crippen LogP contribution in [0.3, 0.4) is 0 Å². The second-order valence-electron chi connectivity index (χ2n) is 6.44. The number of rotatable bonds is 18. The van der Waals surface area contributed by atoms with Crippen molar-refractivity contribution in [2.45, 2.75) is 103 Å². The van der Waals surface area contributed by atoms with E-state index in [0.29, 0.717) is 5.78 Å². The fourth-order valence-electron chi connectivity index (χ4n) is 2.76. The molecule has 0 amide bonds. The maximum absolute atomic E-state index is 11.8. The van der Waals surface area contributed by atoms with E-state index in [1.165, 1.54) is 64.2 Å². The summed E-state index contributed by atoms with van der Waals surface area (Å²) in [7, 11) is 0. The molecular weight excluding hydrogens is 268 g/mol. The molecule has 0 aromatic carbocycles. The van der Waals surface area contributed by atoms with Crippen molar-refractivity contribution < 1.29 is 4.79 Å². The molecular formula is C21H38O. The average Bonchev–Trinajstić information content (AvgIpc) is 2.52. The smallest absolute Gasteiger partial charge is 0.132 e. The van der Waals surface area contributed by atoms with Gasteiger partial charge in [-0.25, -0.2) is 0 Å². The minimum atomic E-state index is 0.485. The number of ketones is 1. The summed E-state index contributed by atoms with van der Waals surface area (Å²) in [4.78, 5) is 11.8. The largest absolute Gasteiger partial charge is 0.300 e. The van der Waals surface area contributed by atoms with Crippen molar-refractivity contribution in [3.8, 4) is 0 Å². The molecule has 0 radical (unpaired) electrons. The van der Waals surface area contributed by atoms with Gasteiger partial charge in [0.05, 0.1) is 0 Å². The molecule has 0 aliphatic rings. The van der Waals surface area contributed by atoms with Gasteiger partial charge in [0.25, 0.3) is 0 Å². The van der Waals surface area contributed by atoms with Crippen molar-refractivity contribution in [3.05, 3.63) is 25.3 Å². The van der Waals surface area contributed by atoms with E-state index >= 15 is 0 Å². The molecule has 0 saturated heterocycles. The van der Waals surface area contributed by atoms with Crippen LogP contribution in [0.5, 0.6) is 0 Å². The molecule has 0 spiro atoms. The maximum atomic E-state index is 11.8. The lowest BCUT2D eigenvalue weighted by Gasteiger charge is -2.03. The monoisotopic (exact) mass is 306 g/mol. The van der Waals surface area contributed by atoms with E-state index in [1.54, 1.807) is 0 Å². The van der Waals surface area contributed by atoms with E-state index in [0.717, 1.165) is 38.5 Å². The van der Waals surface area contributed by atoms with Crippen LogP contribution >= 0.6 is 0 Å². The van der Waals surface area contributed by atoms with Gasteiger partial charge in [-0.05, 0) is 38.5 Å². The van der Waals surface area contributed by atoms with Gasteiger partial charge in [-0.2, -0.15) is 0 Å². The maximum Gasteiger partial charge on any atom is 0.132 e.